The van der Waals surface area contributed by atoms with E-state index in [0.717, 1.165) is 30.2 Å². The van der Waals surface area contributed by atoms with Crippen molar-refractivity contribution in [2.24, 2.45) is 0 Å². The fourth-order valence-corrected chi connectivity index (χ4v) is 3.65. The minimum Gasteiger partial charge on any atom is -0.484 e. The normalized spacial score (nSPS) is 18.7. The van der Waals surface area contributed by atoms with Crippen LogP contribution in [-0.4, -0.2) is 51.2 Å². The summed E-state index contributed by atoms with van der Waals surface area (Å²) in [4.78, 5) is 13.9. The Morgan fingerprint density at radius 2 is 1.96 bits per heavy atom. The van der Waals surface area contributed by atoms with E-state index in [2.05, 4.69) is 4.72 Å². The van der Waals surface area contributed by atoms with Gasteiger partial charge in [0.1, 0.15) is 5.75 Å². The van der Waals surface area contributed by atoms with Crippen molar-refractivity contribution < 1.29 is 17.9 Å². The Kier molecular flexibility index (Phi) is 5.64. The zero-order chi connectivity index (χ0) is 17.0. The van der Waals surface area contributed by atoms with Gasteiger partial charge in [-0.25, -0.2) is 13.1 Å². The zero-order valence-electron chi connectivity index (χ0n) is 13.8. The summed E-state index contributed by atoms with van der Waals surface area (Å²) in [6.07, 6.45) is 2.66. The first-order valence-corrected chi connectivity index (χ1v) is 9.58. The number of nitrogens with one attached hydrogen (secondary N) is 1. The predicted octanol–water partition coefficient (Wildman–Crippen LogP) is 1.22. The number of rotatable bonds is 5. The third kappa shape index (κ3) is 5.84. The third-order valence-corrected chi connectivity index (χ3v) is 4.47. The van der Waals surface area contributed by atoms with Gasteiger partial charge in [0.15, 0.2) is 6.61 Å². The van der Waals surface area contributed by atoms with Gasteiger partial charge in [-0.05, 0) is 49.9 Å². The molecule has 2 rings (SSSR count). The summed E-state index contributed by atoms with van der Waals surface area (Å²) in [5.41, 5.74) is 2.17. The van der Waals surface area contributed by atoms with Gasteiger partial charge >= 0.3 is 0 Å². The molecular formula is C16H24N2O4S. The van der Waals surface area contributed by atoms with Crippen molar-refractivity contribution in [1.82, 2.24) is 9.62 Å². The number of carbonyl (C=O) groups is 1. The second-order valence-corrected chi connectivity index (χ2v) is 7.96. The van der Waals surface area contributed by atoms with Crippen molar-refractivity contribution in [3.8, 4) is 5.75 Å². The second-order valence-electron chi connectivity index (χ2n) is 6.18. The fourth-order valence-electron chi connectivity index (χ4n) is 2.86. The molecule has 1 N–H and O–H groups in total. The van der Waals surface area contributed by atoms with E-state index < -0.39 is 10.0 Å². The third-order valence-electron chi connectivity index (χ3n) is 3.71. The Bertz CT molecular complexity index is 652. The number of likely N-dealkylation sites (tertiary alicyclic amines) is 1. The lowest BCUT2D eigenvalue weighted by Gasteiger charge is -2.32. The monoisotopic (exact) mass is 340 g/mol. The topological polar surface area (TPSA) is 75.7 Å². The van der Waals surface area contributed by atoms with E-state index in [1.54, 1.807) is 4.90 Å². The van der Waals surface area contributed by atoms with Crippen LogP contribution in [0.1, 0.15) is 24.0 Å². The highest BCUT2D eigenvalue weighted by Gasteiger charge is 2.25. The van der Waals surface area contributed by atoms with Gasteiger partial charge in [-0.15, -0.1) is 0 Å². The Labute approximate surface area is 137 Å². The van der Waals surface area contributed by atoms with E-state index in [1.807, 2.05) is 32.0 Å². The van der Waals surface area contributed by atoms with Gasteiger partial charge in [-0.1, -0.05) is 6.07 Å². The summed E-state index contributed by atoms with van der Waals surface area (Å²) in [6.45, 7) is 4.95. The van der Waals surface area contributed by atoms with Crippen molar-refractivity contribution in [2.45, 2.75) is 32.7 Å². The molecule has 0 aliphatic carbocycles. The van der Waals surface area contributed by atoms with Crippen LogP contribution in [0.2, 0.25) is 0 Å². The number of piperidine rings is 1. The Balaban J connectivity index is 1.90. The van der Waals surface area contributed by atoms with E-state index in [9.17, 15) is 13.2 Å². The molecule has 23 heavy (non-hydrogen) atoms. The minimum absolute atomic E-state index is 0.0332. The average molecular weight is 340 g/mol. The first kappa shape index (κ1) is 17.7. The van der Waals surface area contributed by atoms with Crippen molar-refractivity contribution in [3.05, 3.63) is 29.3 Å². The number of benzene rings is 1. The van der Waals surface area contributed by atoms with Crippen molar-refractivity contribution in [1.29, 1.82) is 0 Å². The molecule has 1 aliphatic heterocycles. The highest BCUT2D eigenvalue weighted by Crippen LogP contribution is 2.17. The summed E-state index contributed by atoms with van der Waals surface area (Å²) in [6, 6.07) is 5.61. The van der Waals surface area contributed by atoms with Gasteiger partial charge in [-0.3, -0.25) is 4.79 Å². The summed E-state index contributed by atoms with van der Waals surface area (Å²) in [5.74, 6) is 0.558. The molecule has 1 heterocycles. The SMILES string of the molecule is Cc1cc(C)cc(OCC(=O)N2CCCC(NS(C)(=O)=O)C2)c1. The zero-order valence-corrected chi connectivity index (χ0v) is 14.6. The number of hydrogen-bond acceptors (Lipinski definition) is 4. The largest absolute Gasteiger partial charge is 0.484 e. The van der Waals surface area contributed by atoms with Crippen LogP contribution >= 0.6 is 0 Å². The fraction of sp³-hybridized carbons (Fsp3) is 0.562. The molecule has 0 spiro atoms. The highest BCUT2D eigenvalue weighted by molar-refractivity contribution is 7.88. The Morgan fingerprint density at radius 1 is 1.30 bits per heavy atom. The van der Waals surface area contributed by atoms with Crippen molar-refractivity contribution in [2.75, 3.05) is 26.0 Å². The Hall–Kier alpha value is -1.60. The van der Waals surface area contributed by atoms with Crippen LogP contribution < -0.4 is 9.46 Å². The number of ether oxygens (including phenoxy) is 1. The van der Waals surface area contributed by atoms with Crippen LogP contribution in [0.15, 0.2) is 18.2 Å². The molecule has 1 atom stereocenters. The smallest absolute Gasteiger partial charge is 0.260 e. The lowest BCUT2D eigenvalue weighted by molar-refractivity contribution is -0.134. The molecule has 1 saturated heterocycles. The molecule has 0 aromatic heterocycles. The van der Waals surface area contributed by atoms with Crippen LogP contribution in [0.25, 0.3) is 0 Å². The quantitative estimate of drug-likeness (QED) is 0.874. The summed E-state index contributed by atoms with van der Waals surface area (Å²) in [7, 11) is -3.26. The molecule has 0 saturated carbocycles. The molecule has 1 amide bonds. The van der Waals surface area contributed by atoms with Gasteiger partial charge in [0, 0.05) is 19.1 Å². The van der Waals surface area contributed by atoms with Gasteiger partial charge in [-0.2, -0.15) is 0 Å². The van der Waals surface area contributed by atoms with Crippen LogP contribution in [0.5, 0.6) is 5.75 Å². The summed E-state index contributed by atoms with van der Waals surface area (Å²) in [5, 5.41) is 0. The Morgan fingerprint density at radius 3 is 2.57 bits per heavy atom. The first-order chi connectivity index (χ1) is 10.7. The van der Waals surface area contributed by atoms with Crippen LogP contribution in [-0.2, 0) is 14.8 Å². The molecule has 1 aliphatic rings. The minimum atomic E-state index is -3.26. The lowest BCUT2D eigenvalue weighted by atomic mass is 10.1. The molecular weight excluding hydrogens is 316 g/mol. The molecule has 1 aromatic carbocycles. The number of hydrogen-bond donors (Lipinski definition) is 1. The van der Waals surface area contributed by atoms with Crippen LogP contribution in [0.4, 0.5) is 0 Å². The van der Waals surface area contributed by atoms with E-state index in [1.165, 1.54) is 0 Å². The first-order valence-electron chi connectivity index (χ1n) is 7.69. The number of amides is 1. The van der Waals surface area contributed by atoms with Crippen LogP contribution in [0, 0.1) is 13.8 Å². The lowest BCUT2D eigenvalue weighted by Crippen LogP contribution is -2.50. The maximum absolute atomic E-state index is 12.3. The molecule has 0 bridgehead atoms. The second kappa shape index (κ2) is 7.31. The number of carbonyl (C=O) groups excluding carboxylic acids is 1. The molecule has 1 fully saturated rings. The number of aryl methyl sites for hydroxylation is 2. The molecule has 7 heteroatoms. The molecule has 6 nitrogen and oxygen atoms in total. The van der Waals surface area contributed by atoms with Gasteiger partial charge in [0.25, 0.3) is 5.91 Å². The summed E-state index contributed by atoms with van der Waals surface area (Å²) >= 11 is 0. The number of sulfonamides is 1. The molecule has 0 radical (unpaired) electrons. The molecule has 1 aromatic rings. The molecule has 128 valence electrons. The highest BCUT2D eigenvalue weighted by atomic mass is 32.2. The maximum Gasteiger partial charge on any atom is 0.260 e. The average Bonchev–Trinajstić information content (AvgIpc) is 2.42. The van der Waals surface area contributed by atoms with Gasteiger partial charge in [0.05, 0.1) is 6.26 Å². The van der Waals surface area contributed by atoms with Gasteiger partial charge in [0.2, 0.25) is 10.0 Å². The van der Waals surface area contributed by atoms with E-state index in [-0.39, 0.29) is 18.6 Å². The van der Waals surface area contributed by atoms with E-state index in [4.69, 9.17) is 4.74 Å². The van der Waals surface area contributed by atoms with Crippen molar-refractivity contribution >= 4 is 15.9 Å². The van der Waals surface area contributed by atoms with Crippen molar-refractivity contribution in [3.63, 3.8) is 0 Å². The van der Waals surface area contributed by atoms with Crippen LogP contribution in [0.3, 0.4) is 0 Å². The standard InChI is InChI=1S/C16H24N2O4S/c1-12-7-13(2)9-15(8-12)22-11-16(19)18-6-4-5-14(10-18)17-23(3,20)21/h7-9,14,17H,4-6,10-11H2,1-3H3. The van der Waals surface area contributed by atoms with E-state index in [0.29, 0.717) is 18.8 Å². The maximum atomic E-state index is 12.3. The summed E-state index contributed by atoms with van der Waals surface area (Å²) < 4.78 is 30.8. The number of nitrogens with zero attached hydrogens (tertiary/aromatic N) is 1. The van der Waals surface area contributed by atoms with Gasteiger partial charge < -0.3 is 9.64 Å². The predicted molar refractivity (Wildman–Crippen MR) is 89.0 cm³/mol. The molecule has 1 unspecified atom stereocenters. The van der Waals surface area contributed by atoms with E-state index >= 15 is 0 Å².